The number of carbonyl (C=O) groups excluding carboxylic acids is 1. The molecule has 0 unspecified atom stereocenters. The highest BCUT2D eigenvalue weighted by Crippen LogP contribution is 2.24. The van der Waals surface area contributed by atoms with Crippen LogP contribution in [0.3, 0.4) is 0 Å². The molecule has 0 radical (unpaired) electrons. The van der Waals surface area contributed by atoms with E-state index in [1.807, 2.05) is 55.5 Å². The molecule has 1 aromatic heterocycles. The Hall–Kier alpha value is -3.08. The molecule has 3 aromatic rings. The zero-order valence-electron chi connectivity index (χ0n) is 12.9. The van der Waals surface area contributed by atoms with E-state index >= 15 is 0 Å². The largest absolute Gasteiger partial charge is 0.497 e. The van der Waals surface area contributed by atoms with E-state index in [4.69, 9.17) is 9.26 Å². The normalized spacial score (nSPS) is 10.3. The van der Waals surface area contributed by atoms with Crippen molar-refractivity contribution in [3.63, 3.8) is 0 Å². The molecule has 1 heterocycles. The molecule has 0 atom stereocenters. The number of aromatic nitrogens is 1. The van der Waals surface area contributed by atoms with Crippen molar-refractivity contribution in [2.24, 2.45) is 0 Å². The Labute approximate surface area is 133 Å². The molecule has 3 rings (SSSR count). The highest BCUT2D eigenvalue weighted by atomic mass is 16.5. The van der Waals surface area contributed by atoms with Crippen molar-refractivity contribution in [1.29, 1.82) is 0 Å². The molecule has 23 heavy (non-hydrogen) atoms. The van der Waals surface area contributed by atoms with Gasteiger partial charge in [-0.15, -0.1) is 0 Å². The summed E-state index contributed by atoms with van der Waals surface area (Å²) in [7, 11) is 1.60. The number of rotatable bonds is 4. The molecule has 0 spiro atoms. The summed E-state index contributed by atoms with van der Waals surface area (Å²) < 4.78 is 10.4. The number of hydrogen-bond donors (Lipinski definition) is 1. The number of aryl methyl sites for hydroxylation is 1. The van der Waals surface area contributed by atoms with E-state index in [0.717, 1.165) is 11.1 Å². The summed E-state index contributed by atoms with van der Waals surface area (Å²) >= 11 is 0. The Morgan fingerprint density at radius 2 is 1.91 bits per heavy atom. The molecule has 1 N–H and O–H groups in total. The number of hydrogen-bond acceptors (Lipinski definition) is 4. The summed E-state index contributed by atoms with van der Waals surface area (Å²) in [4.78, 5) is 12.2. The van der Waals surface area contributed by atoms with E-state index in [1.54, 1.807) is 13.2 Å². The van der Waals surface area contributed by atoms with Crippen molar-refractivity contribution in [2.75, 3.05) is 12.4 Å². The minimum Gasteiger partial charge on any atom is -0.497 e. The van der Waals surface area contributed by atoms with Gasteiger partial charge in [0.1, 0.15) is 5.75 Å². The maximum absolute atomic E-state index is 12.2. The Kier molecular flexibility index (Phi) is 4.10. The SMILES string of the molecule is COc1cccc(-c2cc(C(=O)Nc3ccc(C)cc3)no2)c1. The summed E-state index contributed by atoms with van der Waals surface area (Å²) in [6.45, 7) is 1.99. The molecule has 0 aliphatic carbocycles. The zero-order chi connectivity index (χ0) is 16.2. The van der Waals surface area contributed by atoms with Gasteiger partial charge in [0.25, 0.3) is 5.91 Å². The van der Waals surface area contributed by atoms with Crippen molar-refractivity contribution in [3.8, 4) is 17.1 Å². The third-order valence-electron chi connectivity index (χ3n) is 3.41. The average Bonchev–Trinajstić information content (AvgIpc) is 3.07. The van der Waals surface area contributed by atoms with Gasteiger partial charge in [0.15, 0.2) is 11.5 Å². The molecule has 0 bridgehead atoms. The standard InChI is InChI=1S/C18H16N2O3/c1-12-6-8-14(9-7-12)19-18(21)16-11-17(23-20-16)13-4-3-5-15(10-13)22-2/h3-11H,1-2H3,(H,19,21). The van der Waals surface area contributed by atoms with Crippen molar-refractivity contribution in [3.05, 3.63) is 65.9 Å². The van der Waals surface area contributed by atoms with Gasteiger partial charge in [-0.25, -0.2) is 0 Å². The van der Waals surface area contributed by atoms with Crippen molar-refractivity contribution in [1.82, 2.24) is 5.16 Å². The number of amides is 1. The third-order valence-corrected chi connectivity index (χ3v) is 3.41. The van der Waals surface area contributed by atoms with Crippen LogP contribution in [0.2, 0.25) is 0 Å². The van der Waals surface area contributed by atoms with Gasteiger partial charge in [-0.05, 0) is 31.2 Å². The van der Waals surface area contributed by atoms with E-state index < -0.39 is 0 Å². The van der Waals surface area contributed by atoms with Crippen molar-refractivity contribution in [2.45, 2.75) is 6.92 Å². The lowest BCUT2D eigenvalue weighted by Gasteiger charge is -2.02. The molecule has 0 aliphatic heterocycles. The lowest BCUT2D eigenvalue weighted by Crippen LogP contribution is -2.11. The number of benzene rings is 2. The van der Waals surface area contributed by atoms with Crippen LogP contribution in [0.25, 0.3) is 11.3 Å². The Morgan fingerprint density at radius 1 is 1.13 bits per heavy atom. The molecule has 116 valence electrons. The van der Waals surface area contributed by atoms with Gasteiger partial charge in [-0.3, -0.25) is 4.79 Å². The maximum atomic E-state index is 12.2. The predicted molar refractivity (Wildman–Crippen MR) is 87.6 cm³/mol. The fourth-order valence-electron chi connectivity index (χ4n) is 2.13. The van der Waals surface area contributed by atoms with Gasteiger partial charge in [0.05, 0.1) is 7.11 Å². The minimum atomic E-state index is -0.313. The first-order valence-corrected chi connectivity index (χ1v) is 7.15. The molecule has 5 nitrogen and oxygen atoms in total. The van der Waals surface area contributed by atoms with Crippen LogP contribution in [0, 0.1) is 6.92 Å². The molecular formula is C18H16N2O3. The highest BCUT2D eigenvalue weighted by molar-refractivity contribution is 6.03. The molecule has 0 saturated heterocycles. The summed E-state index contributed by atoms with van der Waals surface area (Å²) in [5.41, 5.74) is 2.87. The Bertz CT molecular complexity index is 822. The monoisotopic (exact) mass is 308 g/mol. The topological polar surface area (TPSA) is 64.4 Å². The van der Waals surface area contributed by atoms with Gasteiger partial charge in [-0.1, -0.05) is 35.0 Å². The number of carbonyl (C=O) groups is 1. The number of nitrogens with zero attached hydrogens (tertiary/aromatic N) is 1. The van der Waals surface area contributed by atoms with Crippen LogP contribution in [0.15, 0.2) is 59.1 Å². The molecule has 0 aliphatic rings. The molecule has 1 amide bonds. The first-order chi connectivity index (χ1) is 11.2. The lowest BCUT2D eigenvalue weighted by molar-refractivity contribution is 0.101. The van der Waals surface area contributed by atoms with Crippen LogP contribution in [0.4, 0.5) is 5.69 Å². The van der Waals surface area contributed by atoms with E-state index in [9.17, 15) is 4.79 Å². The maximum Gasteiger partial charge on any atom is 0.277 e. The molecule has 5 heteroatoms. The summed E-state index contributed by atoms with van der Waals surface area (Å²) in [6, 6.07) is 16.5. The smallest absolute Gasteiger partial charge is 0.277 e. The second-order valence-corrected chi connectivity index (χ2v) is 5.13. The lowest BCUT2D eigenvalue weighted by atomic mass is 10.1. The number of methoxy groups -OCH3 is 1. The Balaban J connectivity index is 1.78. The molecule has 2 aromatic carbocycles. The van der Waals surface area contributed by atoms with E-state index in [2.05, 4.69) is 10.5 Å². The Morgan fingerprint density at radius 3 is 2.65 bits per heavy atom. The van der Waals surface area contributed by atoms with Crippen LogP contribution in [0.1, 0.15) is 16.1 Å². The summed E-state index contributed by atoms with van der Waals surface area (Å²) in [6.07, 6.45) is 0. The van der Waals surface area contributed by atoms with Crippen LogP contribution >= 0.6 is 0 Å². The van der Waals surface area contributed by atoms with Gasteiger partial charge < -0.3 is 14.6 Å². The van der Waals surface area contributed by atoms with Gasteiger partial charge in [0.2, 0.25) is 0 Å². The van der Waals surface area contributed by atoms with Crippen molar-refractivity contribution >= 4 is 11.6 Å². The zero-order valence-corrected chi connectivity index (χ0v) is 12.9. The van der Waals surface area contributed by atoms with Crippen LogP contribution in [-0.4, -0.2) is 18.2 Å². The van der Waals surface area contributed by atoms with E-state index in [-0.39, 0.29) is 11.6 Å². The molecule has 0 saturated carbocycles. The first kappa shape index (κ1) is 14.8. The second kappa shape index (κ2) is 6.36. The molecular weight excluding hydrogens is 292 g/mol. The predicted octanol–water partition coefficient (Wildman–Crippen LogP) is 3.91. The minimum absolute atomic E-state index is 0.225. The average molecular weight is 308 g/mol. The summed E-state index contributed by atoms with van der Waals surface area (Å²) in [5, 5.41) is 6.62. The fraction of sp³-hybridized carbons (Fsp3) is 0.111. The van der Waals surface area contributed by atoms with E-state index in [1.165, 1.54) is 0 Å². The summed E-state index contributed by atoms with van der Waals surface area (Å²) in [5.74, 6) is 0.911. The second-order valence-electron chi connectivity index (χ2n) is 5.13. The number of ether oxygens (including phenoxy) is 1. The van der Waals surface area contributed by atoms with Gasteiger partial charge in [-0.2, -0.15) is 0 Å². The third kappa shape index (κ3) is 3.40. The number of anilines is 1. The van der Waals surface area contributed by atoms with Crippen LogP contribution in [0.5, 0.6) is 5.75 Å². The number of nitrogens with one attached hydrogen (secondary N) is 1. The van der Waals surface area contributed by atoms with Crippen LogP contribution in [-0.2, 0) is 0 Å². The fourth-order valence-corrected chi connectivity index (χ4v) is 2.13. The van der Waals surface area contributed by atoms with E-state index in [0.29, 0.717) is 17.2 Å². The molecule has 0 fully saturated rings. The van der Waals surface area contributed by atoms with Gasteiger partial charge >= 0.3 is 0 Å². The highest BCUT2D eigenvalue weighted by Gasteiger charge is 2.14. The van der Waals surface area contributed by atoms with Crippen LogP contribution < -0.4 is 10.1 Å². The van der Waals surface area contributed by atoms with Crippen molar-refractivity contribution < 1.29 is 14.1 Å². The van der Waals surface area contributed by atoms with Gasteiger partial charge in [0, 0.05) is 17.3 Å². The first-order valence-electron chi connectivity index (χ1n) is 7.15. The quantitative estimate of drug-likeness (QED) is 0.793.